The number of carboxylic acids is 1. The molecule has 134 valence electrons. The number of methoxy groups -OCH3 is 2. The van der Waals surface area contributed by atoms with Gasteiger partial charge in [0.15, 0.2) is 11.5 Å². The van der Waals surface area contributed by atoms with Crippen molar-refractivity contribution < 1.29 is 24.2 Å². The standard InChI is InChI=1S/C16H16INO5S2/c1-22-11-7-9(6-10(17)14(11)23-2)8-12-15(21)18(16(24)25-12)5-3-4-13(19)20/h6-8H,3-5H2,1-2H3,(H,19,20). The van der Waals surface area contributed by atoms with Crippen molar-refractivity contribution in [2.24, 2.45) is 0 Å². The van der Waals surface area contributed by atoms with Gasteiger partial charge in [0.2, 0.25) is 0 Å². The monoisotopic (exact) mass is 493 g/mol. The summed E-state index contributed by atoms with van der Waals surface area (Å²) in [6.45, 7) is 0.303. The molecule has 1 heterocycles. The highest BCUT2D eigenvalue weighted by Gasteiger charge is 2.31. The quantitative estimate of drug-likeness (QED) is 0.355. The Kier molecular flexibility index (Phi) is 7.08. The molecule has 1 aromatic carbocycles. The van der Waals surface area contributed by atoms with E-state index >= 15 is 0 Å². The summed E-state index contributed by atoms with van der Waals surface area (Å²) in [6, 6.07) is 3.68. The number of carbonyl (C=O) groups excluding carboxylic acids is 1. The average molecular weight is 493 g/mol. The van der Waals surface area contributed by atoms with Crippen LogP contribution in [0.3, 0.4) is 0 Å². The van der Waals surface area contributed by atoms with Crippen molar-refractivity contribution in [1.82, 2.24) is 4.90 Å². The predicted octanol–water partition coefficient (Wildman–Crippen LogP) is 3.37. The van der Waals surface area contributed by atoms with E-state index in [4.69, 9.17) is 26.8 Å². The van der Waals surface area contributed by atoms with E-state index in [0.29, 0.717) is 33.7 Å². The van der Waals surface area contributed by atoms with Gasteiger partial charge in [0.05, 0.1) is 22.7 Å². The molecule has 2 rings (SSSR count). The van der Waals surface area contributed by atoms with E-state index in [1.54, 1.807) is 26.4 Å². The van der Waals surface area contributed by atoms with Crippen LogP contribution in [0.15, 0.2) is 17.0 Å². The third kappa shape index (κ3) is 4.85. The first-order valence-electron chi connectivity index (χ1n) is 7.26. The van der Waals surface area contributed by atoms with Gasteiger partial charge in [0, 0.05) is 13.0 Å². The van der Waals surface area contributed by atoms with Crippen LogP contribution in [0, 0.1) is 3.57 Å². The summed E-state index contributed by atoms with van der Waals surface area (Å²) in [5, 5.41) is 8.71. The molecule has 1 amide bonds. The molecule has 0 unspecified atom stereocenters. The lowest BCUT2D eigenvalue weighted by molar-refractivity contribution is -0.137. The fraction of sp³-hybridized carbons (Fsp3) is 0.312. The smallest absolute Gasteiger partial charge is 0.303 e. The molecule has 1 saturated heterocycles. The van der Waals surface area contributed by atoms with Crippen LogP contribution in [0.4, 0.5) is 0 Å². The highest BCUT2D eigenvalue weighted by molar-refractivity contribution is 14.1. The number of ether oxygens (including phenoxy) is 2. The summed E-state index contributed by atoms with van der Waals surface area (Å²) in [4.78, 5) is 25.1. The van der Waals surface area contributed by atoms with Crippen molar-refractivity contribution in [3.8, 4) is 11.5 Å². The molecule has 0 atom stereocenters. The molecular weight excluding hydrogens is 477 g/mol. The highest BCUT2D eigenvalue weighted by atomic mass is 127. The fourth-order valence-electron chi connectivity index (χ4n) is 2.25. The van der Waals surface area contributed by atoms with Crippen molar-refractivity contribution in [3.63, 3.8) is 0 Å². The van der Waals surface area contributed by atoms with Crippen LogP contribution in [0.1, 0.15) is 18.4 Å². The van der Waals surface area contributed by atoms with Crippen molar-refractivity contribution >= 4 is 68.8 Å². The molecule has 0 radical (unpaired) electrons. The molecule has 0 spiro atoms. The highest BCUT2D eigenvalue weighted by Crippen LogP contribution is 2.37. The Morgan fingerprint density at radius 1 is 1.40 bits per heavy atom. The molecule has 1 aromatic rings. The minimum atomic E-state index is -0.888. The number of rotatable bonds is 7. The Morgan fingerprint density at radius 3 is 2.72 bits per heavy atom. The van der Waals surface area contributed by atoms with E-state index in [2.05, 4.69) is 22.6 Å². The number of hydrogen-bond donors (Lipinski definition) is 1. The van der Waals surface area contributed by atoms with E-state index in [-0.39, 0.29) is 12.3 Å². The van der Waals surface area contributed by atoms with E-state index in [9.17, 15) is 9.59 Å². The van der Waals surface area contributed by atoms with Crippen LogP contribution in [0.5, 0.6) is 11.5 Å². The van der Waals surface area contributed by atoms with E-state index < -0.39 is 5.97 Å². The molecule has 1 fully saturated rings. The molecule has 1 aliphatic rings. The van der Waals surface area contributed by atoms with Gasteiger partial charge in [-0.15, -0.1) is 0 Å². The maximum absolute atomic E-state index is 12.5. The third-order valence-corrected chi connectivity index (χ3v) is 5.58. The van der Waals surface area contributed by atoms with Crippen LogP contribution in [0.2, 0.25) is 0 Å². The molecule has 25 heavy (non-hydrogen) atoms. The Hall–Kier alpha value is -1.33. The normalized spacial score (nSPS) is 15.8. The van der Waals surface area contributed by atoms with Crippen LogP contribution >= 0.6 is 46.6 Å². The van der Waals surface area contributed by atoms with Gasteiger partial charge in [-0.1, -0.05) is 24.0 Å². The first-order valence-corrected chi connectivity index (χ1v) is 9.56. The first-order chi connectivity index (χ1) is 11.9. The summed E-state index contributed by atoms with van der Waals surface area (Å²) in [5.41, 5.74) is 0.799. The number of hydrogen-bond acceptors (Lipinski definition) is 6. The minimum absolute atomic E-state index is 0.00395. The molecule has 0 saturated carbocycles. The van der Waals surface area contributed by atoms with E-state index in [1.165, 1.54) is 16.7 Å². The zero-order chi connectivity index (χ0) is 18.6. The maximum Gasteiger partial charge on any atom is 0.303 e. The second kappa shape index (κ2) is 8.86. The summed E-state index contributed by atoms with van der Waals surface area (Å²) in [6.07, 6.45) is 2.12. The molecule has 0 aliphatic carbocycles. The number of benzene rings is 1. The van der Waals surface area contributed by atoms with Gasteiger partial charge in [-0.05, 0) is 52.8 Å². The molecule has 6 nitrogen and oxygen atoms in total. The third-order valence-electron chi connectivity index (χ3n) is 3.40. The summed E-state index contributed by atoms with van der Waals surface area (Å²) in [5.74, 6) is 0.130. The lowest BCUT2D eigenvalue weighted by Crippen LogP contribution is -2.29. The number of nitrogens with zero attached hydrogens (tertiary/aromatic N) is 1. The van der Waals surface area contributed by atoms with Gasteiger partial charge in [0.1, 0.15) is 4.32 Å². The summed E-state index contributed by atoms with van der Waals surface area (Å²) >= 11 is 8.59. The van der Waals surface area contributed by atoms with Gasteiger partial charge >= 0.3 is 5.97 Å². The number of aliphatic carboxylic acids is 1. The summed E-state index contributed by atoms with van der Waals surface area (Å²) in [7, 11) is 3.13. The molecule has 0 bridgehead atoms. The van der Waals surface area contributed by atoms with Crippen LogP contribution in [0.25, 0.3) is 6.08 Å². The predicted molar refractivity (Wildman–Crippen MR) is 109 cm³/mol. The Balaban J connectivity index is 2.21. The zero-order valence-electron chi connectivity index (χ0n) is 13.6. The molecule has 1 aliphatic heterocycles. The number of thioether (sulfide) groups is 1. The SMILES string of the molecule is COc1cc(C=C2SC(=S)N(CCCC(=O)O)C2=O)cc(I)c1OC. The largest absolute Gasteiger partial charge is 0.493 e. The molecule has 0 aromatic heterocycles. The van der Waals surface area contributed by atoms with Crippen molar-refractivity contribution in [1.29, 1.82) is 0 Å². The number of amides is 1. The fourth-order valence-corrected chi connectivity index (χ4v) is 4.41. The number of halogens is 1. The topological polar surface area (TPSA) is 76.1 Å². The zero-order valence-corrected chi connectivity index (χ0v) is 17.4. The minimum Gasteiger partial charge on any atom is -0.493 e. The van der Waals surface area contributed by atoms with Gasteiger partial charge in [-0.3, -0.25) is 14.5 Å². The Morgan fingerprint density at radius 2 is 2.12 bits per heavy atom. The van der Waals surface area contributed by atoms with E-state index in [1.807, 2.05) is 6.07 Å². The average Bonchev–Trinajstić information content (AvgIpc) is 2.81. The second-order valence-corrected chi connectivity index (χ2v) is 7.91. The molecule has 9 heteroatoms. The maximum atomic E-state index is 12.5. The van der Waals surface area contributed by atoms with Crippen molar-refractivity contribution in [3.05, 3.63) is 26.2 Å². The number of thiocarbonyl (C=S) groups is 1. The van der Waals surface area contributed by atoms with Gasteiger partial charge in [0.25, 0.3) is 5.91 Å². The van der Waals surface area contributed by atoms with Gasteiger partial charge in [-0.25, -0.2) is 0 Å². The van der Waals surface area contributed by atoms with Crippen LogP contribution in [-0.4, -0.2) is 47.0 Å². The van der Waals surface area contributed by atoms with Crippen LogP contribution < -0.4 is 9.47 Å². The van der Waals surface area contributed by atoms with Crippen LogP contribution in [-0.2, 0) is 9.59 Å². The lowest BCUT2D eigenvalue weighted by Gasteiger charge is -2.13. The number of carboxylic acid groups (broad SMARTS) is 1. The van der Waals surface area contributed by atoms with Crippen molar-refractivity contribution in [2.75, 3.05) is 20.8 Å². The first kappa shape index (κ1) is 20.0. The van der Waals surface area contributed by atoms with Gasteiger partial charge in [-0.2, -0.15) is 0 Å². The second-order valence-electron chi connectivity index (χ2n) is 5.07. The number of carbonyl (C=O) groups is 2. The van der Waals surface area contributed by atoms with E-state index in [0.717, 1.165) is 9.13 Å². The lowest BCUT2D eigenvalue weighted by atomic mass is 10.2. The van der Waals surface area contributed by atoms with Gasteiger partial charge < -0.3 is 14.6 Å². The molecular formula is C16H16INO5S2. The Labute approximate surface area is 168 Å². The van der Waals surface area contributed by atoms with Crippen molar-refractivity contribution in [2.45, 2.75) is 12.8 Å². The summed E-state index contributed by atoms with van der Waals surface area (Å²) < 4.78 is 11.9. The Bertz CT molecular complexity index is 750. The molecule has 1 N–H and O–H groups in total.